The Morgan fingerprint density at radius 3 is 2.68 bits per heavy atom. The van der Waals surface area contributed by atoms with Gasteiger partial charge in [-0.1, -0.05) is 6.07 Å². The molecular formula is C21H25FN4O4S. The summed E-state index contributed by atoms with van der Waals surface area (Å²) >= 11 is 0. The summed E-state index contributed by atoms with van der Waals surface area (Å²) in [4.78, 5) is 28.9. The molecule has 8 nitrogen and oxygen atoms in total. The predicted octanol–water partition coefficient (Wildman–Crippen LogP) is 1.44. The van der Waals surface area contributed by atoms with Gasteiger partial charge in [0.1, 0.15) is 11.9 Å². The zero-order chi connectivity index (χ0) is 22.4. The van der Waals surface area contributed by atoms with E-state index in [1.807, 2.05) is 6.07 Å². The van der Waals surface area contributed by atoms with E-state index in [4.69, 9.17) is 0 Å². The van der Waals surface area contributed by atoms with Gasteiger partial charge in [0.15, 0.2) is 0 Å². The van der Waals surface area contributed by atoms with Crippen LogP contribution in [0.25, 0.3) is 0 Å². The topological polar surface area (TPSA) is 108 Å². The van der Waals surface area contributed by atoms with Gasteiger partial charge in [0.25, 0.3) is 0 Å². The number of nitrogens with zero attached hydrogens (tertiary/aromatic N) is 2. The van der Waals surface area contributed by atoms with Crippen molar-refractivity contribution < 1.29 is 22.4 Å². The second kappa shape index (κ2) is 9.97. The monoisotopic (exact) mass is 448 g/mol. The first-order valence-corrected chi connectivity index (χ1v) is 11.4. The zero-order valence-electron chi connectivity index (χ0n) is 17.1. The largest absolute Gasteiger partial charge is 0.350 e. The Hall–Kier alpha value is -2.85. The third-order valence-corrected chi connectivity index (χ3v) is 7.03. The maximum Gasteiger partial charge on any atom is 0.243 e. The highest BCUT2D eigenvalue weighted by atomic mass is 32.2. The highest BCUT2D eigenvalue weighted by molar-refractivity contribution is 7.89. The van der Waals surface area contributed by atoms with Crippen molar-refractivity contribution in [1.29, 1.82) is 0 Å². The Morgan fingerprint density at radius 1 is 1.26 bits per heavy atom. The van der Waals surface area contributed by atoms with Crippen LogP contribution in [-0.2, 0) is 26.2 Å². The van der Waals surface area contributed by atoms with Crippen LogP contribution in [0.5, 0.6) is 0 Å². The molecule has 166 valence electrons. The molecule has 1 aromatic heterocycles. The van der Waals surface area contributed by atoms with Gasteiger partial charge in [0, 0.05) is 32.0 Å². The SMILES string of the molecule is CC(NC(=O)C1CCCN(S(=O)(=O)c2ccc(F)cc2)C1)C(=O)NCc1cccnc1. The van der Waals surface area contributed by atoms with E-state index in [-0.39, 0.29) is 29.8 Å². The lowest BCUT2D eigenvalue weighted by Gasteiger charge is -2.31. The van der Waals surface area contributed by atoms with E-state index in [1.54, 1.807) is 25.4 Å². The molecule has 1 saturated heterocycles. The van der Waals surface area contributed by atoms with Gasteiger partial charge < -0.3 is 10.6 Å². The van der Waals surface area contributed by atoms with Gasteiger partial charge >= 0.3 is 0 Å². The molecule has 2 amide bonds. The van der Waals surface area contributed by atoms with E-state index in [0.29, 0.717) is 19.4 Å². The first-order chi connectivity index (χ1) is 14.8. The number of carbonyl (C=O) groups is 2. The molecule has 0 bridgehead atoms. The van der Waals surface area contributed by atoms with Gasteiger partial charge in [-0.3, -0.25) is 14.6 Å². The summed E-state index contributed by atoms with van der Waals surface area (Å²) in [5.74, 6) is -1.81. The van der Waals surface area contributed by atoms with Crippen LogP contribution in [0.3, 0.4) is 0 Å². The first kappa shape index (κ1) is 22.8. The third kappa shape index (κ3) is 5.86. The average molecular weight is 449 g/mol. The van der Waals surface area contributed by atoms with Crippen LogP contribution in [0.15, 0.2) is 53.7 Å². The summed E-state index contributed by atoms with van der Waals surface area (Å²) < 4.78 is 40.0. The molecule has 31 heavy (non-hydrogen) atoms. The molecular weight excluding hydrogens is 423 g/mol. The average Bonchev–Trinajstić information content (AvgIpc) is 2.78. The molecule has 10 heteroatoms. The van der Waals surface area contributed by atoms with E-state index < -0.39 is 27.8 Å². The van der Waals surface area contributed by atoms with E-state index in [2.05, 4.69) is 15.6 Å². The van der Waals surface area contributed by atoms with Gasteiger partial charge in [0.05, 0.1) is 10.8 Å². The zero-order valence-corrected chi connectivity index (χ0v) is 17.9. The first-order valence-electron chi connectivity index (χ1n) is 10.00. The summed E-state index contributed by atoms with van der Waals surface area (Å²) in [6, 6.07) is 7.43. The number of piperidine rings is 1. The molecule has 1 aliphatic heterocycles. The Balaban J connectivity index is 1.56. The molecule has 2 heterocycles. The van der Waals surface area contributed by atoms with Crippen LogP contribution in [-0.4, -0.2) is 48.7 Å². The van der Waals surface area contributed by atoms with Gasteiger partial charge in [-0.05, 0) is 55.7 Å². The lowest BCUT2D eigenvalue weighted by atomic mass is 9.98. The van der Waals surface area contributed by atoms with Gasteiger partial charge in [-0.2, -0.15) is 4.31 Å². The van der Waals surface area contributed by atoms with E-state index in [1.165, 1.54) is 16.4 Å². The minimum absolute atomic E-state index is 0.00949. The van der Waals surface area contributed by atoms with Crippen LogP contribution in [0.1, 0.15) is 25.3 Å². The number of aromatic nitrogens is 1. The number of nitrogens with one attached hydrogen (secondary N) is 2. The van der Waals surface area contributed by atoms with Crippen molar-refractivity contribution in [2.24, 2.45) is 5.92 Å². The smallest absolute Gasteiger partial charge is 0.243 e. The van der Waals surface area contributed by atoms with Gasteiger partial charge in [0.2, 0.25) is 21.8 Å². The molecule has 1 fully saturated rings. The van der Waals surface area contributed by atoms with Crippen LogP contribution < -0.4 is 10.6 Å². The number of hydrogen-bond donors (Lipinski definition) is 2. The molecule has 2 N–H and O–H groups in total. The number of hydrogen-bond acceptors (Lipinski definition) is 5. The second-order valence-electron chi connectivity index (χ2n) is 7.47. The number of benzene rings is 1. The standard InChI is InChI=1S/C21H25FN4O4S/c1-15(20(27)24-13-16-4-2-10-23-12-16)25-21(28)17-5-3-11-26(14-17)31(29,30)19-8-6-18(22)7-9-19/h2,4,6-10,12,15,17H,3,5,11,13-14H2,1H3,(H,24,27)(H,25,28). The summed E-state index contributed by atoms with van der Waals surface area (Å²) in [6.45, 7) is 2.16. The van der Waals surface area contributed by atoms with Crippen LogP contribution >= 0.6 is 0 Å². The third-order valence-electron chi connectivity index (χ3n) is 5.15. The Labute approximate surface area is 180 Å². The number of carbonyl (C=O) groups excluding carboxylic acids is 2. The number of amides is 2. The lowest BCUT2D eigenvalue weighted by Crippen LogP contribution is -2.50. The number of sulfonamides is 1. The van der Waals surface area contributed by atoms with Gasteiger partial charge in [-0.25, -0.2) is 12.8 Å². The van der Waals surface area contributed by atoms with Crippen molar-refractivity contribution in [2.75, 3.05) is 13.1 Å². The molecule has 0 saturated carbocycles. The van der Waals surface area contributed by atoms with Crippen LogP contribution in [0.4, 0.5) is 4.39 Å². The van der Waals surface area contributed by atoms with Crippen molar-refractivity contribution >= 4 is 21.8 Å². The highest BCUT2D eigenvalue weighted by Gasteiger charge is 2.34. The van der Waals surface area contributed by atoms with Gasteiger partial charge in [-0.15, -0.1) is 0 Å². The van der Waals surface area contributed by atoms with Crippen LogP contribution in [0.2, 0.25) is 0 Å². The molecule has 0 aliphatic carbocycles. The fourth-order valence-corrected chi connectivity index (χ4v) is 4.90. The summed E-state index contributed by atoms with van der Waals surface area (Å²) in [7, 11) is -3.83. The molecule has 2 unspecified atom stereocenters. The molecule has 2 aromatic rings. The Morgan fingerprint density at radius 2 is 2.00 bits per heavy atom. The number of rotatable bonds is 7. The summed E-state index contributed by atoms with van der Waals surface area (Å²) in [5.41, 5.74) is 0.836. The Bertz CT molecular complexity index is 1020. The molecule has 3 rings (SSSR count). The molecule has 2 atom stereocenters. The number of pyridine rings is 1. The van der Waals surface area contributed by atoms with E-state index in [9.17, 15) is 22.4 Å². The van der Waals surface area contributed by atoms with Crippen molar-refractivity contribution in [3.05, 3.63) is 60.2 Å². The van der Waals surface area contributed by atoms with Crippen LogP contribution in [0, 0.1) is 11.7 Å². The molecule has 1 aromatic carbocycles. The fourth-order valence-electron chi connectivity index (χ4n) is 3.37. The van der Waals surface area contributed by atoms with Crippen molar-refractivity contribution in [3.8, 4) is 0 Å². The van der Waals surface area contributed by atoms with E-state index >= 15 is 0 Å². The lowest BCUT2D eigenvalue weighted by molar-refractivity contribution is -0.131. The molecule has 0 spiro atoms. The predicted molar refractivity (Wildman–Crippen MR) is 112 cm³/mol. The maximum atomic E-state index is 13.1. The quantitative estimate of drug-likeness (QED) is 0.666. The van der Waals surface area contributed by atoms with Crippen molar-refractivity contribution in [2.45, 2.75) is 37.2 Å². The van der Waals surface area contributed by atoms with E-state index in [0.717, 1.165) is 17.7 Å². The Kier molecular flexibility index (Phi) is 7.34. The molecule has 0 radical (unpaired) electrons. The fraction of sp³-hybridized carbons (Fsp3) is 0.381. The minimum atomic E-state index is -3.83. The summed E-state index contributed by atoms with van der Waals surface area (Å²) in [6.07, 6.45) is 4.31. The van der Waals surface area contributed by atoms with Crippen molar-refractivity contribution in [1.82, 2.24) is 19.9 Å². The minimum Gasteiger partial charge on any atom is -0.350 e. The van der Waals surface area contributed by atoms with Crippen molar-refractivity contribution in [3.63, 3.8) is 0 Å². The normalized spacial score (nSPS) is 18.2. The highest BCUT2D eigenvalue weighted by Crippen LogP contribution is 2.24. The second-order valence-corrected chi connectivity index (χ2v) is 9.40. The number of halogens is 1. The maximum absolute atomic E-state index is 13.1. The summed E-state index contributed by atoms with van der Waals surface area (Å²) in [5, 5.41) is 5.40. The molecule has 1 aliphatic rings.